The Labute approximate surface area is 93.8 Å². The number of nitrogens with one attached hydrogen (secondary N) is 1. The lowest BCUT2D eigenvalue weighted by Crippen LogP contribution is -2.62. The van der Waals surface area contributed by atoms with Gasteiger partial charge in [-0.05, 0) is 31.1 Å². The zero-order chi connectivity index (χ0) is 10.9. The lowest BCUT2D eigenvalue weighted by molar-refractivity contribution is -0.151. The van der Waals surface area contributed by atoms with Gasteiger partial charge in [0.1, 0.15) is 0 Å². The monoisotopic (exact) mass is 211 g/mol. The molecule has 1 atom stereocenters. The molecule has 2 fully saturated rings. The molecule has 1 aliphatic carbocycles. The zero-order valence-electron chi connectivity index (χ0n) is 10.4. The fraction of sp³-hybridized carbons (Fsp3) is 1.00. The van der Waals surface area contributed by atoms with Crippen molar-refractivity contribution in [1.29, 1.82) is 0 Å². The van der Waals surface area contributed by atoms with E-state index >= 15 is 0 Å². The molecule has 0 aromatic rings. The predicted octanol–water partition coefficient (Wildman–Crippen LogP) is 2.72. The third kappa shape index (κ3) is 2.21. The molecule has 1 saturated carbocycles. The molecule has 1 saturated heterocycles. The van der Waals surface area contributed by atoms with Crippen LogP contribution in [0.2, 0.25) is 0 Å². The molecule has 1 N–H and O–H groups in total. The molecular weight excluding hydrogens is 186 g/mol. The van der Waals surface area contributed by atoms with Gasteiger partial charge >= 0.3 is 0 Å². The van der Waals surface area contributed by atoms with Crippen molar-refractivity contribution in [2.24, 2.45) is 5.41 Å². The van der Waals surface area contributed by atoms with E-state index in [2.05, 4.69) is 26.1 Å². The van der Waals surface area contributed by atoms with Crippen molar-refractivity contribution in [2.75, 3.05) is 13.2 Å². The standard InChI is InChI=1S/C13H25NO/c1-4-12(2,3)10-11-13(6-5-7-13)15-9-8-14-11/h11,14H,4-10H2,1-3H3. The minimum Gasteiger partial charge on any atom is -0.372 e. The van der Waals surface area contributed by atoms with Gasteiger partial charge in [0.05, 0.1) is 12.2 Å². The van der Waals surface area contributed by atoms with E-state index in [0.717, 1.165) is 13.2 Å². The molecule has 0 bridgehead atoms. The van der Waals surface area contributed by atoms with Crippen LogP contribution in [-0.2, 0) is 4.74 Å². The lowest BCUT2D eigenvalue weighted by atomic mass is 9.68. The van der Waals surface area contributed by atoms with Gasteiger partial charge in [0, 0.05) is 12.6 Å². The summed E-state index contributed by atoms with van der Waals surface area (Å²) < 4.78 is 6.04. The van der Waals surface area contributed by atoms with Crippen LogP contribution in [-0.4, -0.2) is 24.8 Å². The quantitative estimate of drug-likeness (QED) is 0.775. The van der Waals surface area contributed by atoms with Crippen molar-refractivity contribution in [3.63, 3.8) is 0 Å². The summed E-state index contributed by atoms with van der Waals surface area (Å²) in [6.45, 7) is 8.97. The highest BCUT2D eigenvalue weighted by atomic mass is 16.5. The summed E-state index contributed by atoms with van der Waals surface area (Å²) in [5, 5.41) is 3.68. The molecule has 0 aromatic carbocycles. The Kier molecular flexibility index (Phi) is 3.09. The molecule has 1 heterocycles. The van der Waals surface area contributed by atoms with Crippen molar-refractivity contribution in [3.8, 4) is 0 Å². The highest BCUT2D eigenvalue weighted by Crippen LogP contribution is 2.43. The summed E-state index contributed by atoms with van der Waals surface area (Å²) in [5.74, 6) is 0. The van der Waals surface area contributed by atoms with E-state index in [4.69, 9.17) is 4.74 Å². The normalized spacial score (nSPS) is 30.2. The van der Waals surface area contributed by atoms with E-state index in [0.29, 0.717) is 11.5 Å². The molecule has 2 aliphatic rings. The van der Waals surface area contributed by atoms with Crippen LogP contribution in [0.15, 0.2) is 0 Å². The molecule has 2 rings (SSSR count). The Morgan fingerprint density at radius 2 is 2.13 bits per heavy atom. The minimum absolute atomic E-state index is 0.213. The predicted molar refractivity (Wildman–Crippen MR) is 63.0 cm³/mol. The first-order valence-electron chi connectivity index (χ1n) is 6.45. The van der Waals surface area contributed by atoms with Gasteiger partial charge in [-0.15, -0.1) is 0 Å². The fourth-order valence-corrected chi connectivity index (χ4v) is 2.75. The largest absolute Gasteiger partial charge is 0.372 e. The van der Waals surface area contributed by atoms with Crippen molar-refractivity contribution < 1.29 is 4.74 Å². The molecule has 15 heavy (non-hydrogen) atoms. The van der Waals surface area contributed by atoms with E-state index in [1.165, 1.54) is 32.1 Å². The topological polar surface area (TPSA) is 21.3 Å². The van der Waals surface area contributed by atoms with Gasteiger partial charge in [0.15, 0.2) is 0 Å². The van der Waals surface area contributed by atoms with Crippen LogP contribution in [0.4, 0.5) is 0 Å². The third-order valence-corrected chi connectivity index (χ3v) is 4.43. The first kappa shape index (κ1) is 11.4. The fourth-order valence-electron chi connectivity index (χ4n) is 2.75. The number of ether oxygens (including phenoxy) is 1. The Morgan fingerprint density at radius 1 is 1.40 bits per heavy atom. The Hall–Kier alpha value is -0.0800. The molecule has 2 nitrogen and oxygen atoms in total. The van der Waals surface area contributed by atoms with E-state index in [1.807, 2.05) is 0 Å². The van der Waals surface area contributed by atoms with E-state index in [-0.39, 0.29) is 5.60 Å². The summed E-state index contributed by atoms with van der Waals surface area (Å²) in [4.78, 5) is 0. The lowest BCUT2D eigenvalue weighted by Gasteiger charge is -2.52. The van der Waals surface area contributed by atoms with Gasteiger partial charge in [-0.2, -0.15) is 0 Å². The van der Waals surface area contributed by atoms with Gasteiger partial charge in [-0.25, -0.2) is 0 Å². The van der Waals surface area contributed by atoms with Crippen LogP contribution in [0.25, 0.3) is 0 Å². The first-order chi connectivity index (χ1) is 7.08. The summed E-state index contributed by atoms with van der Waals surface area (Å²) in [6.07, 6.45) is 6.39. The second-order valence-corrected chi connectivity index (χ2v) is 6.00. The van der Waals surface area contributed by atoms with Gasteiger partial charge in [0.2, 0.25) is 0 Å². The van der Waals surface area contributed by atoms with Crippen molar-refractivity contribution in [2.45, 2.75) is 64.5 Å². The van der Waals surface area contributed by atoms with Crippen LogP contribution in [0, 0.1) is 5.41 Å². The summed E-state index contributed by atoms with van der Waals surface area (Å²) in [6, 6.07) is 0.593. The maximum Gasteiger partial charge on any atom is 0.0835 e. The van der Waals surface area contributed by atoms with Crippen molar-refractivity contribution in [1.82, 2.24) is 5.32 Å². The Balaban J connectivity index is 1.99. The molecular formula is C13H25NO. The number of morpholine rings is 1. The van der Waals surface area contributed by atoms with Gasteiger partial charge in [0.25, 0.3) is 0 Å². The highest BCUT2D eigenvalue weighted by molar-refractivity contribution is 5.03. The van der Waals surface area contributed by atoms with Crippen LogP contribution in [0.3, 0.4) is 0 Å². The van der Waals surface area contributed by atoms with Crippen LogP contribution < -0.4 is 5.32 Å². The maximum atomic E-state index is 6.04. The molecule has 2 heteroatoms. The smallest absolute Gasteiger partial charge is 0.0835 e. The molecule has 1 aliphatic heterocycles. The molecule has 1 unspecified atom stereocenters. The molecule has 0 aromatic heterocycles. The molecule has 88 valence electrons. The van der Waals surface area contributed by atoms with E-state index < -0.39 is 0 Å². The number of hydrogen-bond acceptors (Lipinski definition) is 2. The van der Waals surface area contributed by atoms with Gasteiger partial charge in [-0.3, -0.25) is 0 Å². The van der Waals surface area contributed by atoms with Crippen LogP contribution >= 0.6 is 0 Å². The first-order valence-corrected chi connectivity index (χ1v) is 6.45. The molecule has 1 spiro atoms. The average molecular weight is 211 g/mol. The Morgan fingerprint density at radius 3 is 2.67 bits per heavy atom. The number of rotatable bonds is 3. The second-order valence-electron chi connectivity index (χ2n) is 6.00. The van der Waals surface area contributed by atoms with Crippen LogP contribution in [0.1, 0.15) is 52.9 Å². The van der Waals surface area contributed by atoms with Gasteiger partial charge < -0.3 is 10.1 Å². The van der Waals surface area contributed by atoms with E-state index in [9.17, 15) is 0 Å². The maximum absolute atomic E-state index is 6.04. The zero-order valence-corrected chi connectivity index (χ0v) is 10.4. The van der Waals surface area contributed by atoms with Crippen LogP contribution in [0.5, 0.6) is 0 Å². The minimum atomic E-state index is 0.213. The summed E-state index contributed by atoms with van der Waals surface area (Å²) in [5.41, 5.74) is 0.658. The second kappa shape index (κ2) is 4.06. The Bertz CT molecular complexity index is 221. The molecule has 0 radical (unpaired) electrons. The summed E-state index contributed by atoms with van der Waals surface area (Å²) >= 11 is 0. The summed E-state index contributed by atoms with van der Waals surface area (Å²) in [7, 11) is 0. The average Bonchev–Trinajstić information content (AvgIpc) is 2.16. The third-order valence-electron chi connectivity index (χ3n) is 4.43. The van der Waals surface area contributed by atoms with Crippen molar-refractivity contribution >= 4 is 0 Å². The van der Waals surface area contributed by atoms with Crippen molar-refractivity contribution in [3.05, 3.63) is 0 Å². The highest BCUT2D eigenvalue weighted by Gasteiger charge is 2.47. The van der Waals surface area contributed by atoms with Gasteiger partial charge in [-0.1, -0.05) is 27.2 Å². The van der Waals surface area contributed by atoms with E-state index in [1.54, 1.807) is 0 Å². The SMILES string of the molecule is CCC(C)(C)CC1NCCOC12CCC2. The molecule has 0 amide bonds. The number of hydrogen-bond donors (Lipinski definition) is 1.